The van der Waals surface area contributed by atoms with Crippen molar-refractivity contribution < 1.29 is 14.7 Å². The van der Waals surface area contributed by atoms with Gasteiger partial charge in [0, 0.05) is 12.6 Å². The second kappa shape index (κ2) is 6.04. The Morgan fingerprint density at radius 2 is 2.28 bits per heavy atom. The Bertz CT molecular complexity index is 325. The van der Waals surface area contributed by atoms with E-state index in [9.17, 15) is 4.79 Å². The number of hydrogen-bond donors (Lipinski definition) is 3. The van der Waals surface area contributed by atoms with Crippen LogP contribution in [0.3, 0.4) is 0 Å². The summed E-state index contributed by atoms with van der Waals surface area (Å²) in [7, 11) is 0. The van der Waals surface area contributed by atoms with Gasteiger partial charge in [0.15, 0.2) is 5.84 Å². The summed E-state index contributed by atoms with van der Waals surface area (Å²) >= 11 is 0. The fourth-order valence-corrected chi connectivity index (χ4v) is 2.43. The van der Waals surface area contributed by atoms with Gasteiger partial charge in [0.05, 0.1) is 6.61 Å². The number of ether oxygens (including phenoxy) is 1. The van der Waals surface area contributed by atoms with E-state index in [1.54, 1.807) is 0 Å². The molecule has 4 N–H and O–H groups in total. The van der Waals surface area contributed by atoms with E-state index in [2.05, 4.69) is 10.5 Å². The Morgan fingerprint density at radius 3 is 2.72 bits per heavy atom. The quantitative estimate of drug-likeness (QED) is 0.282. The monoisotopic (exact) mass is 257 g/mol. The van der Waals surface area contributed by atoms with Crippen molar-refractivity contribution in [3.63, 3.8) is 0 Å². The minimum Gasteiger partial charge on any atom is -0.409 e. The van der Waals surface area contributed by atoms with Crippen LogP contribution in [0.15, 0.2) is 5.16 Å². The molecule has 1 atom stereocenters. The average molecular weight is 257 g/mol. The molecule has 6 heteroatoms. The first kappa shape index (κ1) is 14.8. The fraction of sp³-hybridized carbons (Fsp3) is 0.833. The molecule has 0 aromatic heterocycles. The standard InChI is InChI=1S/C12H23N3O3/c1-4-18-7-9(3)14-11(16)12(10(13)15-17)5-8(2)6-12/h8-9,17H,4-7H2,1-3H3,(H2,13,15)(H,14,16). The van der Waals surface area contributed by atoms with Crippen LogP contribution in [0, 0.1) is 11.3 Å². The Hall–Kier alpha value is -1.30. The van der Waals surface area contributed by atoms with E-state index < -0.39 is 5.41 Å². The molecule has 0 saturated heterocycles. The highest BCUT2D eigenvalue weighted by atomic mass is 16.5. The van der Waals surface area contributed by atoms with E-state index >= 15 is 0 Å². The number of amidine groups is 1. The molecule has 0 spiro atoms. The summed E-state index contributed by atoms with van der Waals surface area (Å²) in [5.41, 5.74) is 4.82. The van der Waals surface area contributed by atoms with E-state index in [4.69, 9.17) is 15.7 Å². The van der Waals surface area contributed by atoms with Crippen molar-refractivity contribution in [3.05, 3.63) is 0 Å². The first-order valence-corrected chi connectivity index (χ1v) is 6.33. The predicted molar refractivity (Wildman–Crippen MR) is 68.3 cm³/mol. The Kier molecular flexibility index (Phi) is 4.95. The van der Waals surface area contributed by atoms with Crippen LogP contribution in [0.5, 0.6) is 0 Å². The van der Waals surface area contributed by atoms with Gasteiger partial charge in [-0.05, 0) is 32.6 Å². The molecule has 0 aromatic carbocycles. The summed E-state index contributed by atoms with van der Waals surface area (Å²) in [5, 5.41) is 14.7. The molecule has 1 rings (SSSR count). The maximum Gasteiger partial charge on any atom is 0.234 e. The van der Waals surface area contributed by atoms with Crippen LogP contribution in [-0.2, 0) is 9.53 Å². The fourth-order valence-electron chi connectivity index (χ4n) is 2.43. The number of carbonyl (C=O) groups is 1. The normalized spacial score (nSPS) is 29.5. The van der Waals surface area contributed by atoms with Crippen molar-refractivity contribution in [1.29, 1.82) is 0 Å². The first-order chi connectivity index (χ1) is 8.46. The molecule has 104 valence electrons. The summed E-state index contributed by atoms with van der Waals surface area (Å²) in [4.78, 5) is 12.2. The molecule has 0 bridgehead atoms. The molecule has 0 heterocycles. The van der Waals surface area contributed by atoms with E-state index in [1.165, 1.54) is 0 Å². The summed E-state index contributed by atoms with van der Waals surface area (Å²) in [5.74, 6) is 0.239. The number of hydrogen-bond acceptors (Lipinski definition) is 4. The summed E-state index contributed by atoms with van der Waals surface area (Å²) in [6.07, 6.45) is 1.24. The number of oxime groups is 1. The molecule has 18 heavy (non-hydrogen) atoms. The van der Waals surface area contributed by atoms with Crippen LogP contribution in [0.25, 0.3) is 0 Å². The predicted octanol–water partition coefficient (Wildman–Crippen LogP) is 0.690. The van der Waals surface area contributed by atoms with Gasteiger partial charge in [0.1, 0.15) is 5.41 Å². The molecule has 1 amide bonds. The van der Waals surface area contributed by atoms with Gasteiger partial charge in [-0.25, -0.2) is 0 Å². The SMILES string of the molecule is CCOCC(C)NC(=O)C1(C(N)=NO)CC(C)C1. The van der Waals surface area contributed by atoms with E-state index in [0.717, 1.165) is 0 Å². The molecular weight excluding hydrogens is 234 g/mol. The van der Waals surface area contributed by atoms with E-state index in [-0.39, 0.29) is 17.8 Å². The lowest BCUT2D eigenvalue weighted by molar-refractivity contribution is -0.134. The maximum atomic E-state index is 12.2. The molecule has 6 nitrogen and oxygen atoms in total. The first-order valence-electron chi connectivity index (χ1n) is 6.33. The zero-order chi connectivity index (χ0) is 13.8. The number of nitrogens with one attached hydrogen (secondary N) is 1. The average Bonchev–Trinajstić information content (AvgIpc) is 2.30. The minimum atomic E-state index is -0.839. The van der Waals surface area contributed by atoms with Crippen molar-refractivity contribution in [3.8, 4) is 0 Å². The lowest BCUT2D eigenvalue weighted by atomic mass is 9.61. The zero-order valence-electron chi connectivity index (χ0n) is 11.3. The van der Waals surface area contributed by atoms with Gasteiger partial charge in [0.2, 0.25) is 5.91 Å². The zero-order valence-corrected chi connectivity index (χ0v) is 11.3. The third-order valence-corrected chi connectivity index (χ3v) is 3.38. The molecule has 0 aliphatic heterocycles. The summed E-state index contributed by atoms with van der Waals surface area (Å²) in [6.45, 7) is 6.89. The summed E-state index contributed by atoms with van der Waals surface area (Å²) < 4.78 is 5.24. The molecule has 1 saturated carbocycles. The van der Waals surface area contributed by atoms with Crippen LogP contribution >= 0.6 is 0 Å². The highest BCUT2D eigenvalue weighted by Crippen LogP contribution is 2.45. The topological polar surface area (TPSA) is 96.9 Å². The molecule has 0 radical (unpaired) electrons. The second-order valence-corrected chi connectivity index (χ2v) is 5.11. The molecule has 1 fully saturated rings. The van der Waals surface area contributed by atoms with Crippen molar-refractivity contribution in [1.82, 2.24) is 5.32 Å². The second-order valence-electron chi connectivity index (χ2n) is 5.11. The molecule has 1 aliphatic rings. The Balaban J connectivity index is 2.62. The van der Waals surface area contributed by atoms with Gasteiger partial charge in [-0.15, -0.1) is 0 Å². The van der Waals surface area contributed by atoms with Gasteiger partial charge >= 0.3 is 0 Å². The number of carbonyl (C=O) groups excluding carboxylic acids is 1. The van der Waals surface area contributed by atoms with Crippen LogP contribution in [0.4, 0.5) is 0 Å². The molecule has 1 aliphatic carbocycles. The number of nitrogens with zero attached hydrogens (tertiary/aromatic N) is 1. The Labute approximate surface area is 108 Å². The van der Waals surface area contributed by atoms with Crippen LogP contribution < -0.4 is 11.1 Å². The largest absolute Gasteiger partial charge is 0.409 e. The smallest absolute Gasteiger partial charge is 0.234 e. The van der Waals surface area contributed by atoms with Crippen LogP contribution in [0.2, 0.25) is 0 Å². The van der Waals surface area contributed by atoms with Gasteiger partial charge in [-0.1, -0.05) is 12.1 Å². The minimum absolute atomic E-state index is 0.00158. The third-order valence-electron chi connectivity index (χ3n) is 3.38. The van der Waals surface area contributed by atoms with Gasteiger partial charge in [-0.3, -0.25) is 4.79 Å². The van der Waals surface area contributed by atoms with E-state index in [1.807, 2.05) is 20.8 Å². The van der Waals surface area contributed by atoms with Crippen molar-refractivity contribution >= 4 is 11.7 Å². The lowest BCUT2D eigenvalue weighted by Crippen LogP contribution is -2.58. The number of nitrogens with two attached hydrogens (primary N) is 1. The molecule has 1 unspecified atom stereocenters. The highest BCUT2D eigenvalue weighted by Gasteiger charge is 2.52. The lowest BCUT2D eigenvalue weighted by Gasteiger charge is -2.44. The molecular formula is C12H23N3O3. The van der Waals surface area contributed by atoms with Crippen molar-refractivity contribution in [2.45, 2.75) is 39.7 Å². The maximum absolute atomic E-state index is 12.2. The van der Waals surface area contributed by atoms with Crippen molar-refractivity contribution in [2.75, 3.05) is 13.2 Å². The third kappa shape index (κ3) is 2.93. The van der Waals surface area contributed by atoms with E-state index in [0.29, 0.717) is 32.0 Å². The number of amides is 1. The van der Waals surface area contributed by atoms with Crippen LogP contribution in [-0.4, -0.2) is 36.2 Å². The molecule has 0 aromatic rings. The van der Waals surface area contributed by atoms with Gasteiger partial charge in [-0.2, -0.15) is 0 Å². The van der Waals surface area contributed by atoms with Gasteiger partial charge < -0.3 is 21.0 Å². The van der Waals surface area contributed by atoms with Crippen LogP contribution in [0.1, 0.15) is 33.6 Å². The highest BCUT2D eigenvalue weighted by molar-refractivity contribution is 6.07. The van der Waals surface area contributed by atoms with Crippen molar-refractivity contribution in [2.24, 2.45) is 22.2 Å². The van der Waals surface area contributed by atoms with Gasteiger partial charge in [0.25, 0.3) is 0 Å². The Morgan fingerprint density at radius 1 is 1.67 bits per heavy atom. The number of rotatable bonds is 6. The summed E-state index contributed by atoms with van der Waals surface area (Å²) in [6, 6.07) is -0.0864.